The molecule has 0 saturated carbocycles. The second-order valence-corrected chi connectivity index (χ2v) is 5.88. The highest BCUT2D eigenvalue weighted by atomic mass is 16.5. The van der Waals surface area contributed by atoms with Gasteiger partial charge in [-0.15, -0.1) is 0 Å². The number of benzene rings is 1. The van der Waals surface area contributed by atoms with Gasteiger partial charge in [0, 0.05) is 45.5 Å². The Morgan fingerprint density at radius 1 is 1.29 bits per heavy atom. The van der Waals surface area contributed by atoms with Crippen molar-refractivity contribution in [2.75, 3.05) is 21.2 Å². The van der Waals surface area contributed by atoms with Crippen molar-refractivity contribution in [1.29, 1.82) is 0 Å². The number of hydrogen-bond donors (Lipinski definition) is 1. The maximum Gasteiger partial charge on any atom is 0.193 e. The van der Waals surface area contributed by atoms with E-state index < -0.39 is 0 Å². The molecule has 1 heterocycles. The minimum atomic E-state index is 0.713. The van der Waals surface area contributed by atoms with Gasteiger partial charge in [-0.05, 0) is 31.5 Å². The molecule has 2 aromatic rings. The fourth-order valence-corrected chi connectivity index (χ4v) is 2.71. The number of hydrogen-bond acceptors (Lipinski definition) is 3. The first-order valence-corrected chi connectivity index (χ1v) is 8.00. The van der Waals surface area contributed by atoms with E-state index in [1.807, 2.05) is 37.8 Å². The lowest BCUT2D eigenvalue weighted by molar-refractivity contribution is 0.414. The van der Waals surface area contributed by atoms with E-state index in [1.54, 1.807) is 14.2 Å². The summed E-state index contributed by atoms with van der Waals surface area (Å²) in [6.45, 7) is 5.61. The van der Waals surface area contributed by atoms with Gasteiger partial charge in [-0.2, -0.15) is 5.10 Å². The minimum Gasteiger partial charge on any atom is -0.497 e. The van der Waals surface area contributed by atoms with Crippen LogP contribution in [0.1, 0.15) is 22.5 Å². The van der Waals surface area contributed by atoms with Crippen LogP contribution in [0.2, 0.25) is 0 Å². The van der Waals surface area contributed by atoms with Crippen LogP contribution >= 0.6 is 0 Å². The standard InChI is InChI=1S/C18H27N5O/c1-13-17(14(2)23(5)21-13)11-20-18(19-3)22(4)12-15-7-9-16(24-6)10-8-15/h7-10H,11-12H2,1-6H3,(H,19,20). The first-order valence-electron chi connectivity index (χ1n) is 8.00. The number of aryl methyl sites for hydroxylation is 2. The van der Waals surface area contributed by atoms with Crippen LogP contribution in [0.5, 0.6) is 5.75 Å². The predicted octanol–water partition coefficient (Wildman–Crippen LogP) is 2.25. The monoisotopic (exact) mass is 329 g/mol. The summed E-state index contributed by atoms with van der Waals surface area (Å²) in [6, 6.07) is 8.08. The van der Waals surface area contributed by atoms with Crippen LogP contribution in [0.25, 0.3) is 0 Å². The SMILES string of the molecule is CN=C(NCc1c(C)nn(C)c1C)N(C)Cc1ccc(OC)cc1. The summed E-state index contributed by atoms with van der Waals surface area (Å²) in [7, 11) is 7.48. The Morgan fingerprint density at radius 2 is 1.96 bits per heavy atom. The normalized spacial score (nSPS) is 11.5. The molecule has 1 aromatic carbocycles. The van der Waals surface area contributed by atoms with E-state index in [-0.39, 0.29) is 0 Å². The average molecular weight is 329 g/mol. The second kappa shape index (κ2) is 7.86. The molecule has 24 heavy (non-hydrogen) atoms. The topological polar surface area (TPSA) is 54.7 Å². The van der Waals surface area contributed by atoms with Gasteiger partial charge in [0.2, 0.25) is 0 Å². The van der Waals surface area contributed by atoms with E-state index in [0.29, 0.717) is 6.54 Å². The van der Waals surface area contributed by atoms with Crippen LogP contribution in [-0.2, 0) is 20.1 Å². The highest BCUT2D eigenvalue weighted by Gasteiger charge is 2.12. The van der Waals surface area contributed by atoms with Gasteiger partial charge in [0.05, 0.1) is 12.8 Å². The van der Waals surface area contributed by atoms with Gasteiger partial charge in [-0.25, -0.2) is 0 Å². The van der Waals surface area contributed by atoms with E-state index in [0.717, 1.165) is 23.9 Å². The number of aliphatic imine (C=N–C) groups is 1. The van der Waals surface area contributed by atoms with Crippen LogP contribution in [0.3, 0.4) is 0 Å². The van der Waals surface area contributed by atoms with Crippen molar-refractivity contribution in [1.82, 2.24) is 20.0 Å². The summed E-state index contributed by atoms with van der Waals surface area (Å²) in [5.41, 5.74) is 4.65. The van der Waals surface area contributed by atoms with E-state index >= 15 is 0 Å². The lowest BCUT2D eigenvalue weighted by Gasteiger charge is -2.22. The second-order valence-electron chi connectivity index (χ2n) is 5.88. The Kier molecular flexibility index (Phi) is 5.84. The molecule has 0 atom stereocenters. The Bertz CT molecular complexity index is 703. The Labute approximate surface area is 144 Å². The highest BCUT2D eigenvalue weighted by Crippen LogP contribution is 2.13. The number of guanidine groups is 1. The lowest BCUT2D eigenvalue weighted by atomic mass is 10.2. The zero-order chi connectivity index (χ0) is 17.7. The van der Waals surface area contributed by atoms with E-state index in [4.69, 9.17) is 4.74 Å². The Hall–Kier alpha value is -2.50. The number of nitrogens with one attached hydrogen (secondary N) is 1. The van der Waals surface area contributed by atoms with Gasteiger partial charge in [0.15, 0.2) is 5.96 Å². The number of nitrogens with zero attached hydrogens (tertiary/aromatic N) is 4. The maximum atomic E-state index is 5.20. The summed E-state index contributed by atoms with van der Waals surface area (Å²) in [5, 5.41) is 7.88. The first kappa shape index (κ1) is 17.8. The highest BCUT2D eigenvalue weighted by molar-refractivity contribution is 5.79. The van der Waals surface area contributed by atoms with Crippen molar-refractivity contribution >= 4 is 5.96 Å². The molecule has 1 N–H and O–H groups in total. The van der Waals surface area contributed by atoms with Crippen LogP contribution in [-0.4, -0.2) is 41.8 Å². The Balaban J connectivity index is 1.99. The molecule has 0 aliphatic heterocycles. The van der Waals surface area contributed by atoms with Gasteiger partial charge in [0.25, 0.3) is 0 Å². The van der Waals surface area contributed by atoms with Gasteiger partial charge < -0.3 is 15.0 Å². The third kappa shape index (κ3) is 4.07. The smallest absolute Gasteiger partial charge is 0.193 e. The summed E-state index contributed by atoms with van der Waals surface area (Å²) in [4.78, 5) is 6.48. The van der Waals surface area contributed by atoms with Crippen LogP contribution in [0, 0.1) is 13.8 Å². The molecule has 2 rings (SSSR count). The van der Waals surface area contributed by atoms with Crippen molar-refractivity contribution in [3.8, 4) is 5.75 Å². The quantitative estimate of drug-likeness (QED) is 0.675. The molecule has 0 amide bonds. The molecular formula is C18H27N5O. The maximum absolute atomic E-state index is 5.20. The van der Waals surface area contributed by atoms with Crippen LogP contribution in [0.15, 0.2) is 29.3 Å². The molecule has 0 spiro atoms. The van der Waals surface area contributed by atoms with Gasteiger partial charge in [-0.3, -0.25) is 9.67 Å². The fraction of sp³-hybridized carbons (Fsp3) is 0.444. The molecule has 1 aromatic heterocycles. The summed E-state index contributed by atoms with van der Waals surface area (Å²) < 4.78 is 7.11. The summed E-state index contributed by atoms with van der Waals surface area (Å²) in [6.07, 6.45) is 0. The molecule has 0 bridgehead atoms. The van der Waals surface area contributed by atoms with E-state index in [1.165, 1.54) is 16.8 Å². The van der Waals surface area contributed by atoms with Crippen LogP contribution in [0.4, 0.5) is 0 Å². The van der Waals surface area contributed by atoms with Crippen LogP contribution < -0.4 is 10.1 Å². The summed E-state index contributed by atoms with van der Waals surface area (Å²) in [5.74, 6) is 1.72. The number of rotatable bonds is 5. The van der Waals surface area contributed by atoms with Gasteiger partial charge in [-0.1, -0.05) is 12.1 Å². The van der Waals surface area contributed by atoms with Gasteiger partial charge >= 0.3 is 0 Å². The lowest BCUT2D eigenvalue weighted by Crippen LogP contribution is -2.38. The molecule has 0 unspecified atom stereocenters. The van der Waals surface area contributed by atoms with Crippen molar-refractivity contribution in [3.05, 3.63) is 46.8 Å². The molecule has 0 aliphatic carbocycles. The molecule has 6 heteroatoms. The third-order valence-corrected chi connectivity index (χ3v) is 4.23. The predicted molar refractivity (Wildman–Crippen MR) is 97.3 cm³/mol. The largest absolute Gasteiger partial charge is 0.497 e. The minimum absolute atomic E-state index is 0.713. The van der Waals surface area contributed by atoms with E-state index in [9.17, 15) is 0 Å². The zero-order valence-electron chi connectivity index (χ0n) is 15.4. The molecule has 6 nitrogen and oxygen atoms in total. The first-order chi connectivity index (χ1) is 11.5. The van der Waals surface area contributed by atoms with Gasteiger partial charge in [0.1, 0.15) is 5.75 Å². The number of methoxy groups -OCH3 is 1. The number of aromatic nitrogens is 2. The third-order valence-electron chi connectivity index (χ3n) is 4.23. The van der Waals surface area contributed by atoms with Crippen molar-refractivity contribution in [2.24, 2.45) is 12.0 Å². The zero-order valence-corrected chi connectivity index (χ0v) is 15.4. The molecule has 0 saturated heterocycles. The Morgan fingerprint density at radius 3 is 2.46 bits per heavy atom. The number of ether oxygens (including phenoxy) is 1. The van der Waals surface area contributed by atoms with Crippen molar-refractivity contribution in [2.45, 2.75) is 26.9 Å². The molecule has 0 radical (unpaired) electrons. The molecular weight excluding hydrogens is 302 g/mol. The fourth-order valence-electron chi connectivity index (χ4n) is 2.71. The van der Waals surface area contributed by atoms with E-state index in [2.05, 4.69) is 39.4 Å². The van der Waals surface area contributed by atoms with Crippen molar-refractivity contribution < 1.29 is 4.74 Å². The van der Waals surface area contributed by atoms with Crippen molar-refractivity contribution in [3.63, 3.8) is 0 Å². The average Bonchev–Trinajstić information content (AvgIpc) is 2.82. The molecule has 130 valence electrons. The summed E-state index contributed by atoms with van der Waals surface area (Å²) >= 11 is 0. The molecule has 0 fully saturated rings. The molecule has 0 aliphatic rings.